The largest absolute Gasteiger partial charge is 0.480 e. The van der Waals surface area contributed by atoms with Crippen LogP contribution in [-0.4, -0.2) is 57.0 Å². The molecule has 1 N–H and O–H groups in total. The standard InChI is InChI=1S/C16H20N4O3/c1-12(19-6-8-23-9-7-19)13-2-4-14(5-3-13)16-17-11-20(18-16)10-15(21)22/h2-5,11-12H,6-10H2,1H3,(H,21,22). The van der Waals surface area contributed by atoms with Crippen molar-refractivity contribution < 1.29 is 14.6 Å². The number of morpholine rings is 1. The summed E-state index contributed by atoms with van der Waals surface area (Å²) in [6.45, 7) is 5.48. The van der Waals surface area contributed by atoms with Crippen molar-refractivity contribution in [2.45, 2.75) is 19.5 Å². The molecular weight excluding hydrogens is 296 g/mol. The summed E-state index contributed by atoms with van der Waals surface area (Å²) in [4.78, 5) is 17.2. The average molecular weight is 316 g/mol. The highest BCUT2D eigenvalue weighted by atomic mass is 16.5. The third-order valence-corrected chi connectivity index (χ3v) is 4.08. The molecule has 0 saturated carbocycles. The molecule has 7 heteroatoms. The zero-order valence-corrected chi connectivity index (χ0v) is 13.1. The molecule has 122 valence electrons. The van der Waals surface area contributed by atoms with E-state index in [0.717, 1.165) is 31.9 Å². The summed E-state index contributed by atoms with van der Waals surface area (Å²) >= 11 is 0. The fourth-order valence-electron chi connectivity index (χ4n) is 2.73. The van der Waals surface area contributed by atoms with Crippen LogP contribution >= 0.6 is 0 Å². The Morgan fingerprint density at radius 3 is 2.65 bits per heavy atom. The molecule has 0 bridgehead atoms. The Morgan fingerprint density at radius 2 is 2.00 bits per heavy atom. The fraction of sp³-hybridized carbons (Fsp3) is 0.438. The number of nitrogens with zero attached hydrogens (tertiary/aromatic N) is 4. The first-order valence-corrected chi connectivity index (χ1v) is 7.67. The smallest absolute Gasteiger partial charge is 0.325 e. The van der Waals surface area contributed by atoms with Crippen molar-refractivity contribution in [3.8, 4) is 11.4 Å². The molecule has 1 aromatic carbocycles. The van der Waals surface area contributed by atoms with Crippen molar-refractivity contribution in [3.63, 3.8) is 0 Å². The van der Waals surface area contributed by atoms with Crippen molar-refractivity contribution in [2.24, 2.45) is 0 Å². The van der Waals surface area contributed by atoms with Gasteiger partial charge >= 0.3 is 5.97 Å². The second-order valence-electron chi connectivity index (χ2n) is 5.61. The third kappa shape index (κ3) is 3.75. The molecule has 7 nitrogen and oxygen atoms in total. The minimum Gasteiger partial charge on any atom is -0.480 e. The predicted molar refractivity (Wildman–Crippen MR) is 83.9 cm³/mol. The Bertz CT molecular complexity index is 662. The average Bonchev–Trinajstić information content (AvgIpc) is 3.03. The van der Waals surface area contributed by atoms with Crippen molar-refractivity contribution in [3.05, 3.63) is 36.2 Å². The van der Waals surface area contributed by atoms with Gasteiger partial charge in [0.05, 0.1) is 13.2 Å². The zero-order chi connectivity index (χ0) is 16.2. The second-order valence-corrected chi connectivity index (χ2v) is 5.61. The lowest BCUT2D eigenvalue weighted by molar-refractivity contribution is -0.137. The van der Waals surface area contributed by atoms with E-state index in [-0.39, 0.29) is 6.54 Å². The van der Waals surface area contributed by atoms with Crippen LogP contribution in [0.25, 0.3) is 11.4 Å². The number of ether oxygens (including phenoxy) is 1. The molecule has 2 heterocycles. The van der Waals surface area contributed by atoms with Gasteiger partial charge in [-0.05, 0) is 12.5 Å². The van der Waals surface area contributed by atoms with E-state index in [4.69, 9.17) is 9.84 Å². The Morgan fingerprint density at radius 1 is 1.30 bits per heavy atom. The van der Waals surface area contributed by atoms with Crippen LogP contribution in [0.1, 0.15) is 18.5 Å². The first-order chi connectivity index (χ1) is 11.1. The minimum absolute atomic E-state index is 0.181. The number of carboxylic acid groups (broad SMARTS) is 1. The van der Waals surface area contributed by atoms with Crippen molar-refractivity contribution >= 4 is 5.97 Å². The fourth-order valence-corrected chi connectivity index (χ4v) is 2.73. The van der Waals surface area contributed by atoms with Gasteiger partial charge in [0.25, 0.3) is 0 Å². The molecule has 1 aliphatic rings. The maximum Gasteiger partial charge on any atom is 0.325 e. The SMILES string of the molecule is CC(c1ccc(-c2ncn(CC(=O)O)n2)cc1)N1CCOCC1. The molecule has 1 saturated heterocycles. The summed E-state index contributed by atoms with van der Waals surface area (Å²) in [7, 11) is 0. The van der Waals surface area contributed by atoms with Gasteiger partial charge in [0.2, 0.25) is 0 Å². The Balaban J connectivity index is 1.71. The lowest BCUT2D eigenvalue weighted by atomic mass is 10.0. The summed E-state index contributed by atoms with van der Waals surface area (Å²) in [6.07, 6.45) is 1.44. The van der Waals surface area contributed by atoms with E-state index in [9.17, 15) is 4.79 Å². The van der Waals surface area contributed by atoms with Crippen molar-refractivity contribution in [1.82, 2.24) is 19.7 Å². The van der Waals surface area contributed by atoms with E-state index in [1.54, 1.807) is 0 Å². The molecule has 0 aliphatic carbocycles. The van der Waals surface area contributed by atoms with Crippen LogP contribution in [0.15, 0.2) is 30.6 Å². The number of benzene rings is 1. The highest BCUT2D eigenvalue weighted by molar-refractivity contribution is 5.66. The molecule has 1 aromatic heterocycles. The van der Waals surface area contributed by atoms with E-state index < -0.39 is 5.97 Å². The summed E-state index contributed by atoms with van der Waals surface area (Å²) in [6, 6.07) is 8.45. The number of carboxylic acids is 1. The molecule has 1 aliphatic heterocycles. The van der Waals surface area contributed by atoms with E-state index >= 15 is 0 Å². The van der Waals surface area contributed by atoms with Gasteiger partial charge in [0, 0.05) is 24.7 Å². The summed E-state index contributed by atoms with van der Waals surface area (Å²) in [5.74, 6) is -0.395. The van der Waals surface area contributed by atoms with E-state index in [1.165, 1.54) is 16.6 Å². The molecular formula is C16H20N4O3. The van der Waals surface area contributed by atoms with E-state index in [2.05, 4.69) is 34.0 Å². The minimum atomic E-state index is -0.934. The highest BCUT2D eigenvalue weighted by Crippen LogP contribution is 2.23. The molecule has 23 heavy (non-hydrogen) atoms. The van der Waals surface area contributed by atoms with E-state index in [1.807, 2.05) is 12.1 Å². The lowest BCUT2D eigenvalue weighted by Gasteiger charge is -2.32. The number of hydrogen-bond acceptors (Lipinski definition) is 5. The van der Waals surface area contributed by atoms with Crippen molar-refractivity contribution in [1.29, 1.82) is 0 Å². The molecule has 1 fully saturated rings. The molecule has 0 radical (unpaired) electrons. The van der Waals surface area contributed by atoms with Gasteiger partial charge < -0.3 is 9.84 Å². The van der Waals surface area contributed by atoms with Gasteiger partial charge in [-0.25, -0.2) is 9.67 Å². The monoisotopic (exact) mass is 316 g/mol. The first kappa shape index (κ1) is 15.6. The third-order valence-electron chi connectivity index (χ3n) is 4.08. The topological polar surface area (TPSA) is 80.5 Å². The summed E-state index contributed by atoms with van der Waals surface area (Å²) in [5, 5.41) is 12.9. The van der Waals surface area contributed by atoms with Gasteiger partial charge in [0.15, 0.2) is 5.82 Å². The van der Waals surface area contributed by atoms with Crippen molar-refractivity contribution in [2.75, 3.05) is 26.3 Å². The molecule has 1 unspecified atom stereocenters. The lowest BCUT2D eigenvalue weighted by Crippen LogP contribution is -2.37. The van der Waals surface area contributed by atoms with Gasteiger partial charge in [-0.2, -0.15) is 5.10 Å². The second kappa shape index (κ2) is 6.89. The molecule has 2 aromatic rings. The number of rotatable bonds is 5. The maximum atomic E-state index is 10.7. The quantitative estimate of drug-likeness (QED) is 0.898. The number of carbonyl (C=O) groups is 1. The molecule has 0 amide bonds. The van der Waals surface area contributed by atoms with E-state index in [0.29, 0.717) is 11.9 Å². The number of aliphatic carboxylic acids is 1. The summed E-state index contributed by atoms with van der Waals surface area (Å²) < 4.78 is 6.71. The Kier molecular flexibility index (Phi) is 4.68. The number of aromatic nitrogens is 3. The van der Waals surface area contributed by atoms with Gasteiger partial charge in [-0.1, -0.05) is 24.3 Å². The van der Waals surface area contributed by atoms with Crippen LogP contribution in [0.4, 0.5) is 0 Å². The van der Waals surface area contributed by atoms with Crippen LogP contribution in [0.2, 0.25) is 0 Å². The van der Waals surface area contributed by atoms with Crippen LogP contribution in [-0.2, 0) is 16.1 Å². The zero-order valence-electron chi connectivity index (χ0n) is 13.1. The first-order valence-electron chi connectivity index (χ1n) is 7.67. The Labute approximate surface area is 134 Å². The van der Waals surface area contributed by atoms with Gasteiger partial charge in [-0.3, -0.25) is 9.69 Å². The maximum absolute atomic E-state index is 10.7. The Hall–Kier alpha value is -2.25. The summed E-state index contributed by atoms with van der Waals surface area (Å²) in [5.41, 5.74) is 2.12. The molecule has 1 atom stereocenters. The highest BCUT2D eigenvalue weighted by Gasteiger charge is 2.18. The number of hydrogen-bond donors (Lipinski definition) is 1. The van der Waals surface area contributed by atoms with Crippen LogP contribution in [0.3, 0.4) is 0 Å². The normalized spacial score (nSPS) is 17.1. The van der Waals surface area contributed by atoms with Crippen LogP contribution in [0.5, 0.6) is 0 Å². The molecule has 3 rings (SSSR count). The van der Waals surface area contributed by atoms with Crippen LogP contribution in [0, 0.1) is 0 Å². The van der Waals surface area contributed by atoms with Crippen LogP contribution < -0.4 is 0 Å². The predicted octanol–water partition coefficient (Wildman–Crippen LogP) is 1.42. The molecule has 0 spiro atoms. The van der Waals surface area contributed by atoms with Gasteiger partial charge in [0.1, 0.15) is 12.9 Å². The van der Waals surface area contributed by atoms with Gasteiger partial charge in [-0.15, -0.1) is 0 Å².